The summed E-state index contributed by atoms with van der Waals surface area (Å²) in [5, 5.41) is 6.85. The van der Waals surface area contributed by atoms with E-state index in [1.165, 1.54) is 0 Å². The van der Waals surface area contributed by atoms with E-state index in [2.05, 4.69) is 24.0 Å². The molecule has 0 saturated carbocycles. The van der Waals surface area contributed by atoms with E-state index in [4.69, 9.17) is 5.73 Å². The molecule has 0 radical (unpaired) electrons. The van der Waals surface area contributed by atoms with Gasteiger partial charge in [-0.15, -0.1) is 0 Å². The molecule has 1 aromatic rings. The molecule has 0 bridgehead atoms. The van der Waals surface area contributed by atoms with Gasteiger partial charge < -0.3 is 10.6 Å². The van der Waals surface area contributed by atoms with E-state index in [9.17, 15) is 9.59 Å². The second-order valence-electron chi connectivity index (χ2n) is 6.45. The topological polar surface area (TPSA) is 92.1 Å². The van der Waals surface area contributed by atoms with Gasteiger partial charge in [0.25, 0.3) is 5.91 Å². The average molecular weight is 320 g/mol. The summed E-state index contributed by atoms with van der Waals surface area (Å²) >= 11 is 0. The minimum Gasteiger partial charge on any atom is -0.364 e. The number of likely N-dealkylation sites (tertiary alicyclic amines) is 1. The van der Waals surface area contributed by atoms with Gasteiger partial charge >= 0.3 is 0 Å². The van der Waals surface area contributed by atoms with Crippen LogP contribution in [-0.4, -0.2) is 40.0 Å². The molecule has 2 rings (SSSR count). The fourth-order valence-electron chi connectivity index (χ4n) is 3.43. The molecule has 3 N–H and O–H groups in total. The van der Waals surface area contributed by atoms with E-state index < -0.39 is 5.91 Å². The van der Waals surface area contributed by atoms with Crippen molar-refractivity contribution >= 4 is 11.8 Å². The number of hydrogen-bond acceptors (Lipinski definition) is 3. The maximum absolute atomic E-state index is 12.7. The van der Waals surface area contributed by atoms with E-state index in [0.29, 0.717) is 11.8 Å². The van der Waals surface area contributed by atoms with Crippen molar-refractivity contribution in [2.45, 2.75) is 58.3 Å². The van der Waals surface area contributed by atoms with Gasteiger partial charge in [-0.05, 0) is 31.7 Å². The molecule has 23 heavy (non-hydrogen) atoms. The second kappa shape index (κ2) is 8.13. The molecule has 1 aromatic heterocycles. The lowest BCUT2D eigenvalue weighted by Gasteiger charge is -2.34. The number of piperidine rings is 1. The minimum atomic E-state index is -0.512. The quantitative estimate of drug-likeness (QED) is 0.808. The Labute approximate surface area is 137 Å². The fraction of sp³-hybridized carbons (Fsp3) is 0.706. The molecule has 0 unspecified atom stereocenters. The Morgan fingerprint density at radius 3 is 2.39 bits per heavy atom. The number of nitrogens with zero attached hydrogens (tertiary/aromatic N) is 2. The fourth-order valence-corrected chi connectivity index (χ4v) is 3.43. The van der Waals surface area contributed by atoms with E-state index in [1.807, 2.05) is 4.90 Å². The second-order valence-corrected chi connectivity index (χ2v) is 6.45. The number of rotatable bonds is 7. The van der Waals surface area contributed by atoms with Gasteiger partial charge in [-0.2, -0.15) is 5.10 Å². The molecule has 0 atom stereocenters. The highest BCUT2D eigenvalue weighted by atomic mass is 16.2. The largest absolute Gasteiger partial charge is 0.364 e. The van der Waals surface area contributed by atoms with E-state index in [1.54, 1.807) is 6.07 Å². The number of aromatic amines is 1. The van der Waals surface area contributed by atoms with E-state index in [-0.39, 0.29) is 11.6 Å². The third-order valence-electron chi connectivity index (χ3n) is 4.72. The van der Waals surface area contributed by atoms with Crippen molar-refractivity contribution in [3.8, 4) is 0 Å². The molecule has 0 spiro atoms. The highest BCUT2D eigenvalue weighted by Crippen LogP contribution is 2.28. The third-order valence-corrected chi connectivity index (χ3v) is 4.72. The summed E-state index contributed by atoms with van der Waals surface area (Å²) in [6.45, 7) is 5.82. The number of carbonyl (C=O) groups is 2. The van der Waals surface area contributed by atoms with Gasteiger partial charge in [0, 0.05) is 30.6 Å². The lowest BCUT2D eigenvalue weighted by molar-refractivity contribution is -0.137. The molecule has 0 aliphatic carbocycles. The predicted octanol–water partition coefficient (Wildman–Crippen LogP) is 2.43. The molecule has 6 nitrogen and oxygen atoms in total. The zero-order chi connectivity index (χ0) is 16.8. The van der Waals surface area contributed by atoms with Crippen LogP contribution in [0.3, 0.4) is 0 Å². The van der Waals surface area contributed by atoms with Crippen LogP contribution in [0.4, 0.5) is 0 Å². The first-order valence-electron chi connectivity index (χ1n) is 8.70. The Kier molecular flexibility index (Phi) is 6.19. The Hall–Kier alpha value is -1.85. The average Bonchev–Trinajstić information content (AvgIpc) is 3.04. The van der Waals surface area contributed by atoms with Crippen LogP contribution >= 0.6 is 0 Å². The molecule has 1 saturated heterocycles. The molecular weight excluding hydrogens is 292 g/mol. The van der Waals surface area contributed by atoms with Crippen LogP contribution in [0.2, 0.25) is 0 Å². The SMILES string of the molecule is CCCC(CCC)C(=O)N1CCC(c2cc(C(N)=O)n[nH]2)CC1. The van der Waals surface area contributed by atoms with Gasteiger partial charge in [0.15, 0.2) is 0 Å². The van der Waals surface area contributed by atoms with Crippen LogP contribution in [0.5, 0.6) is 0 Å². The third kappa shape index (κ3) is 4.33. The zero-order valence-electron chi connectivity index (χ0n) is 14.2. The number of carbonyl (C=O) groups excluding carboxylic acids is 2. The van der Waals surface area contributed by atoms with Crippen LogP contribution in [-0.2, 0) is 4.79 Å². The maximum Gasteiger partial charge on any atom is 0.269 e. The monoisotopic (exact) mass is 320 g/mol. The van der Waals surface area contributed by atoms with Gasteiger partial charge in [-0.1, -0.05) is 26.7 Å². The molecule has 0 aromatic carbocycles. The summed E-state index contributed by atoms with van der Waals surface area (Å²) in [7, 11) is 0. The van der Waals surface area contributed by atoms with Crippen LogP contribution in [0.25, 0.3) is 0 Å². The number of H-pyrrole nitrogens is 1. The van der Waals surface area contributed by atoms with Crippen molar-refractivity contribution in [3.05, 3.63) is 17.5 Å². The summed E-state index contributed by atoms with van der Waals surface area (Å²) in [5.41, 5.74) is 6.46. The summed E-state index contributed by atoms with van der Waals surface area (Å²) in [4.78, 5) is 25.8. The van der Waals surface area contributed by atoms with Gasteiger partial charge in [-0.3, -0.25) is 14.7 Å². The molecular formula is C17H28N4O2. The Bertz CT molecular complexity index is 526. The lowest BCUT2D eigenvalue weighted by Crippen LogP contribution is -2.41. The van der Waals surface area contributed by atoms with Gasteiger partial charge in [-0.25, -0.2) is 0 Å². The summed E-state index contributed by atoms with van der Waals surface area (Å²) < 4.78 is 0. The molecule has 2 heterocycles. The number of nitrogens with one attached hydrogen (secondary N) is 1. The standard InChI is InChI=1S/C17H28N4O2/c1-3-5-13(6-4-2)17(23)21-9-7-12(8-10-21)14-11-15(16(18)22)20-19-14/h11-13H,3-10H2,1-2H3,(H2,18,22)(H,19,20). The van der Waals surface area contributed by atoms with Crippen LogP contribution in [0.15, 0.2) is 6.07 Å². The number of amides is 2. The van der Waals surface area contributed by atoms with Crippen molar-refractivity contribution in [1.82, 2.24) is 15.1 Å². The van der Waals surface area contributed by atoms with Crippen molar-refractivity contribution in [3.63, 3.8) is 0 Å². The molecule has 2 amide bonds. The summed E-state index contributed by atoms with van der Waals surface area (Å²) in [5.74, 6) is 0.294. The molecule has 1 fully saturated rings. The van der Waals surface area contributed by atoms with E-state index >= 15 is 0 Å². The number of nitrogens with two attached hydrogens (primary N) is 1. The minimum absolute atomic E-state index is 0.176. The molecule has 1 aliphatic heterocycles. The Morgan fingerprint density at radius 1 is 1.30 bits per heavy atom. The van der Waals surface area contributed by atoms with Crippen LogP contribution in [0.1, 0.15) is 74.5 Å². The van der Waals surface area contributed by atoms with Crippen molar-refractivity contribution in [2.75, 3.05) is 13.1 Å². The smallest absolute Gasteiger partial charge is 0.269 e. The number of aromatic nitrogens is 2. The molecule has 6 heteroatoms. The maximum atomic E-state index is 12.7. The summed E-state index contributed by atoms with van der Waals surface area (Å²) in [6.07, 6.45) is 5.87. The Balaban J connectivity index is 1.91. The van der Waals surface area contributed by atoms with Gasteiger partial charge in [0.05, 0.1) is 0 Å². The van der Waals surface area contributed by atoms with Crippen molar-refractivity contribution in [2.24, 2.45) is 11.7 Å². The van der Waals surface area contributed by atoms with Crippen LogP contribution in [0, 0.1) is 5.92 Å². The van der Waals surface area contributed by atoms with Crippen molar-refractivity contribution < 1.29 is 9.59 Å². The van der Waals surface area contributed by atoms with Crippen molar-refractivity contribution in [1.29, 1.82) is 0 Å². The molecule has 1 aliphatic rings. The first kappa shape index (κ1) is 17.5. The zero-order valence-corrected chi connectivity index (χ0v) is 14.2. The first-order chi connectivity index (χ1) is 11.1. The normalized spacial score (nSPS) is 16.0. The first-order valence-corrected chi connectivity index (χ1v) is 8.70. The Morgan fingerprint density at radius 2 is 1.91 bits per heavy atom. The lowest BCUT2D eigenvalue weighted by atomic mass is 9.91. The molecule has 128 valence electrons. The summed E-state index contributed by atoms with van der Waals surface area (Å²) in [6, 6.07) is 1.74. The van der Waals surface area contributed by atoms with Gasteiger partial charge in [0.2, 0.25) is 5.91 Å². The number of hydrogen-bond donors (Lipinski definition) is 2. The van der Waals surface area contributed by atoms with Crippen LogP contribution < -0.4 is 5.73 Å². The highest BCUT2D eigenvalue weighted by molar-refractivity contribution is 5.90. The van der Waals surface area contributed by atoms with Gasteiger partial charge in [0.1, 0.15) is 5.69 Å². The number of primary amides is 1. The predicted molar refractivity (Wildman–Crippen MR) is 89.0 cm³/mol. The highest BCUT2D eigenvalue weighted by Gasteiger charge is 2.28. The van der Waals surface area contributed by atoms with E-state index in [0.717, 1.165) is 57.3 Å².